The number of nitrogens with zero attached hydrogens (tertiary/aromatic N) is 2. The minimum Gasteiger partial charge on any atom is -0.370 e. The van der Waals surface area contributed by atoms with Crippen LogP contribution in [0.1, 0.15) is 51.2 Å². The first-order chi connectivity index (χ1) is 8.57. The van der Waals surface area contributed by atoms with E-state index in [1.807, 2.05) is 13.8 Å². The summed E-state index contributed by atoms with van der Waals surface area (Å²) < 4.78 is 10.7. The van der Waals surface area contributed by atoms with Crippen LogP contribution >= 0.6 is 0 Å². The van der Waals surface area contributed by atoms with Crippen molar-refractivity contribution in [2.24, 2.45) is 5.92 Å². The lowest BCUT2D eigenvalue weighted by molar-refractivity contribution is -0.121. The minimum atomic E-state index is -0.400. The third-order valence-corrected chi connectivity index (χ3v) is 3.65. The van der Waals surface area contributed by atoms with E-state index in [0.29, 0.717) is 11.7 Å². The molecular weight excluding hydrogens is 232 g/mol. The zero-order valence-electron chi connectivity index (χ0n) is 11.2. The van der Waals surface area contributed by atoms with Crippen LogP contribution in [0.5, 0.6) is 0 Å². The van der Waals surface area contributed by atoms with Crippen LogP contribution in [0.2, 0.25) is 0 Å². The largest absolute Gasteiger partial charge is 0.370 e. The third kappa shape index (κ3) is 2.46. The van der Waals surface area contributed by atoms with Gasteiger partial charge in [-0.3, -0.25) is 4.79 Å². The summed E-state index contributed by atoms with van der Waals surface area (Å²) >= 11 is 0. The molecule has 0 spiro atoms. The Kier molecular flexibility index (Phi) is 3.80. The molecule has 0 aromatic carbocycles. The van der Waals surface area contributed by atoms with Gasteiger partial charge in [0.25, 0.3) is 0 Å². The molecule has 1 fully saturated rings. The summed E-state index contributed by atoms with van der Waals surface area (Å²) in [6, 6.07) is 0. The van der Waals surface area contributed by atoms with Gasteiger partial charge in [-0.05, 0) is 25.7 Å². The molecule has 1 aromatic rings. The maximum atomic E-state index is 11.6. The number of ether oxygens (including phenoxy) is 1. The van der Waals surface area contributed by atoms with Crippen LogP contribution in [0.25, 0.3) is 0 Å². The van der Waals surface area contributed by atoms with Gasteiger partial charge in [-0.15, -0.1) is 0 Å². The van der Waals surface area contributed by atoms with E-state index in [2.05, 4.69) is 10.1 Å². The monoisotopic (exact) mass is 252 g/mol. The van der Waals surface area contributed by atoms with Crippen molar-refractivity contribution >= 4 is 5.78 Å². The normalized spacial score (nSPS) is 18.4. The van der Waals surface area contributed by atoms with Crippen LogP contribution in [0.4, 0.5) is 0 Å². The van der Waals surface area contributed by atoms with Gasteiger partial charge in [0.1, 0.15) is 11.4 Å². The fourth-order valence-corrected chi connectivity index (χ4v) is 2.33. The molecule has 0 atom stereocenters. The van der Waals surface area contributed by atoms with Crippen LogP contribution in [0, 0.1) is 5.92 Å². The number of aromatic nitrogens is 2. The van der Waals surface area contributed by atoms with Crippen molar-refractivity contribution in [1.82, 2.24) is 10.1 Å². The maximum absolute atomic E-state index is 11.6. The van der Waals surface area contributed by atoms with Crippen LogP contribution in [0.15, 0.2) is 4.52 Å². The van der Waals surface area contributed by atoms with Gasteiger partial charge in [0.2, 0.25) is 11.7 Å². The molecule has 0 aliphatic heterocycles. The minimum absolute atomic E-state index is 0.0109. The predicted octanol–water partition coefficient (Wildman–Crippen LogP) is 2.25. The Bertz CT molecular complexity index is 420. The van der Waals surface area contributed by atoms with Crippen molar-refractivity contribution in [3.05, 3.63) is 11.7 Å². The van der Waals surface area contributed by atoms with E-state index in [1.54, 1.807) is 7.11 Å². The van der Waals surface area contributed by atoms with Crippen LogP contribution < -0.4 is 0 Å². The first-order valence-corrected chi connectivity index (χ1v) is 6.48. The second-order valence-electron chi connectivity index (χ2n) is 5.22. The van der Waals surface area contributed by atoms with E-state index in [-0.39, 0.29) is 18.1 Å². The van der Waals surface area contributed by atoms with Crippen LogP contribution in [0.3, 0.4) is 0 Å². The molecule has 1 aliphatic carbocycles. The van der Waals surface area contributed by atoms with E-state index in [9.17, 15) is 4.79 Å². The van der Waals surface area contributed by atoms with Gasteiger partial charge in [-0.25, -0.2) is 0 Å². The molecule has 1 aromatic heterocycles. The molecule has 0 amide bonds. The second kappa shape index (κ2) is 5.18. The third-order valence-electron chi connectivity index (χ3n) is 3.65. The molecule has 0 bridgehead atoms. The lowest BCUT2D eigenvalue weighted by Crippen LogP contribution is -2.26. The number of ketones is 1. The van der Waals surface area contributed by atoms with Gasteiger partial charge < -0.3 is 9.26 Å². The quantitative estimate of drug-likeness (QED) is 0.804. The number of carbonyl (C=O) groups is 1. The summed E-state index contributed by atoms with van der Waals surface area (Å²) in [5.41, 5.74) is -0.400. The molecular formula is C13H20N2O3. The van der Waals surface area contributed by atoms with Gasteiger partial charge in [0.15, 0.2) is 0 Å². The number of rotatable bonds is 5. The Morgan fingerprint density at radius 3 is 2.67 bits per heavy atom. The average Bonchev–Trinajstić information content (AvgIpc) is 2.97. The first-order valence-electron chi connectivity index (χ1n) is 6.48. The summed E-state index contributed by atoms with van der Waals surface area (Å²) in [7, 11) is 1.68. The Hall–Kier alpha value is -1.23. The molecule has 2 rings (SSSR count). The molecule has 18 heavy (non-hydrogen) atoms. The van der Waals surface area contributed by atoms with Crippen LogP contribution in [-0.4, -0.2) is 23.0 Å². The highest BCUT2D eigenvalue weighted by atomic mass is 16.5. The highest BCUT2D eigenvalue weighted by Gasteiger charge is 2.40. The highest BCUT2D eigenvalue weighted by molar-refractivity contribution is 5.81. The van der Waals surface area contributed by atoms with Crippen molar-refractivity contribution in [3.63, 3.8) is 0 Å². The molecule has 0 saturated heterocycles. The fraction of sp³-hybridized carbons (Fsp3) is 0.769. The Labute approximate surface area is 107 Å². The van der Waals surface area contributed by atoms with Crippen LogP contribution in [-0.2, 0) is 21.6 Å². The molecule has 0 radical (unpaired) electrons. The van der Waals surface area contributed by atoms with E-state index >= 15 is 0 Å². The second-order valence-corrected chi connectivity index (χ2v) is 5.22. The summed E-state index contributed by atoms with van der Waals surface area (Å²) in [4.78, 5) is 16.0. The summed E-state index contributed by atoms with van der Waals surface area (Å²) in [6.45, 7) is 3.74. The van der Waals surface area contributed by atoms with E-state index in [1.165, 1.54) is 0 Å². The summed E-state index contributed by atoms with van der Waals surface area (Å²) in [6.07, 6.45) is 4.27. The molecule has 1 heterocycles. The van der Waals surface area contributed by atoms with Crippen molar-refractivity contribution in [2.45, 2.75) is 51.6 Å². The zero-order valence-corrected chi connectivity index (χ0v) is 11.2. The van der Waals surface area contributed by atoms with Gasteiger partial charge in [-0.2, -0.15) is 4.98 Å². The van der Waals surface area contributed by atoms with Crippen molar-refractivity contribution in [3.8, 4) is 0 Å². The summed E-state index contributed by atoms with van der Waals surface area (Å²) in [5.74, 6) is 1.09. The molecule has 0 unspecified atom stereocenters. The molecule has 5 nitrogen and oxygen atoms in total. The van der Waals surface area contributed by atoms with Crippen molar-refractivity contribution in [1.29, 1.82) is 0 Å². The summed E-state index contributed by atoms with van der Waals surface area (Å²) in [5, 5.41) is 3.99. The average molecular weight is 252 g/mol. The number of Topliss-reactive ketones (excluding diaryl/α,β-unsaturated/α-hetero) is 1. The lowest BCUT2D eigenvalue weighted by atomic mass is 10.0. The lowest BCUT2D eigenvalue weighted by Gasteiger charge is -2.22. The van der Waals surface area contributed by atoms with Crippen molar-refractivity contribution in [2.75, 3.05) is 7.11 Å². The Morgan fingerprint density at radius 2 is 2.11 bits per heavy atom. The maximum Gasteiger partial charge on any atom is 0.234 e. The van der Waals surface area contributed by atoms with Crippen molar-refractivity contribution < 1.29 is 14.1 Å². The van der Waals surface area contributed by atoms with E-state index in [4.69, 9.17) is 9.26 Å². The Morgan fingerprint density at radius 1 is 1.44 bits per heavy atom. The molecule has 100 valence electrons. The first kappa shape index (κ1) is 13.2. The molecule has 1 aliphatic rings. The van der Waals surface area contributed by atoms with Gasteiger partial charge in [0.05, 0.1) is 6.42 Å². The topological polar surface area (TPSA) is 65.2 Å². The number of hydrogen-bond acceptors (Lipinski definition) is 5. The molecule has 0 N–H and O–H groups in total. The Balaban J connectivity index is 2.12. The van der Waals surface area contributed by atoms with Gasteiger partial charge >= 0.3 is 0 Å². The van der Waals surface area contributed by atoms with Gasteiger partial charge in [-0.1, -0.05) is 19.0 Å². The standard InChI is InChI=1S/C13H20N2O3/c1-9(2)10(16)8-11-14-12(15-18-11)13(17-3)6-4-5-7-13/h9H,4-8H2,1-3H3. The molecule has 5 heteroatoms. The number of methoxy groups -OCH3 is 1. The number of hydrogen-bond donors (Lipinski definition) is 0. The fourth-order valence-electron chi connectivity index (χ4n) is 2.33. The molecule has 1 saturated carbocycles. The zero-order chi connectivity index (χ0) is 13.2. The number of carbonyl (C=O) groups excluding carboxylic acids is 1. The smallest absolute Gasteiger partial charge is 0.234 e. The highest BCUT2D eigenvalue weighted by Crippen LogP contribution is 2.40. The van der Waals surface area contributed by atoms with E-state index < -0.39 is 5.60 Å². The van der Waals surface area contributed by atoms with Gasteiger partial charge in [0, 0.05) is 13.0 Å². The predicted molar refractivity (Wildman–Crippen MR) is 65.0 cm³/mol. The van der Waals surface area contributed by atoms with E-state index in [0.717, 1.165) is 25.7 Å². The SMILES string of the molecule is COC1(c2noc(CC(=O)C(C)C)n2)CCCC1.